The summed E-state index contributed by atoms with van der Waals surface area (Å²) in [7, 11) is 0. The molecule has 0 amide bonds. The Morgan fingerprint density at radius 3 is 2.69 bits per heavy atom. The zero-order valence-corrected chi connectivity index (χ0v) is 16.2. The highest BCUT2D eigenvalue weighted by Crippen LogP contribution is 2.19. The van der Waals surface area contributed by atoms with Crippen LogP contribution in [-0.4, -0.2) is 22.1 Å². The maximum Gasteiger partial charge on any atom is 0.338 e. The van der Waals surface area contributed by atoms with Gasteiger partial charge in [-0.05, 0) is 43.7 Å². The van der Waals surface area contributed by atoms with Crippen molar-refractivity contribution in [2.75, 3.05) is 6.61 Å². The average Bonchev–Trinajstić information content (AvgIpc) is 2.63. The molecule has 0 N–H and O–H groups in total. The molecule has 0 saturated carbocycles. The Bertz CT molecular complexity index is 1030. The summed E-state index contributed by atoms with van der Waals surface area (Å²) in [4.78, 5) is 29.7. The maximum absolute atomic E-state index is 12.9. The molecule has 0 aliphatic rings. The van der Waals surface area contributed by atoms with Crippen LogP contribution in [0.15, 0.2) is 51.7 Å². The first-order valence-corrected chi connectivity index (χ1v) is 9.28. The molecule has 0 aliphatic heterocycles. The molecule has 3 rings (SSSR count). The van der Waals surface area contributed by atoms with Crippen molar-refractivity contribution in [3.8, 4) is 0 Å². The fraction of sp³-hybridized carbons (Fsp3) is 0.250. The predicted octanol–water partition coefficient (Wildman–Crippen LogP) is 3.95. The first-order valence-electron chi connectivity index (χ1n) is 8.49. The highest BCUT2D eigenvalue weighted by atomic mass is 79.9. The zero-order valence-electron chi connectivity index (χ0n) is 14.7. The number of carbonyl (C=O) groups excluding carboxylic acids is 1. The molecule has 0 bridgehead atoms. The monoisotopic (exact) mass is 414 g/mol. The van der Waals surface area contributed by atoms with Crippen molar-refractivity contribution in [2.24, 2.45) is 0 Å². The molecule has 26 heavy (non-hydrogen) atoms. The van der Waals surface area contributed by atoms with Gasteiger partial charge in [0.15, 0.2) is 0 Å². The van der Waals surface area contributed by atoms with Crippen LogP contribution in [0.1, 0.15) is 35.6 Å². The maximum atomic E-state index is 12.9. The minimum absolute atomic E-state index is 0.0811. The number of hydrogen-bond acceptors (Lipinski definition) is 4. The number of benzene rings is 2. The van der Waals surface area contributed by atoms with Crippen molar-refractivity contribution >= 4 is 32.8 Å². The minimum Gasteiger partial charge on any atom is -0.462 e. The summed E-state index contributed by atoms with van der Waals surface area (Å²) in [5.74, 6) is 0.266. The lowest BCUT2D eigenvalue weighted by Crippen LogP contribution is -2.25. The summed E-state index contributed by atoms with van der Waals surface area (Å²) in [5.41, 5.74) is 1.85. The molecule has 0 fully saturated rings. The van der Waals surface area contributed by atoms with Crippen LogP contribution >= 0.6 is 15.9 Å². The van der Waals surface area contributed by atoms with Gasteiger partial charge in [0.1, 0.15) is 5.82 Å². The number of nitrogens with zero attached hydrogens (tertiary/aromatic N) is 2. The summed E-state index contributed by atoms with van der Waals surface area (Å²) in [6.07, 6.45) is 0.379. The minimum atomic E-state index is -0.363. The summed E-state index contributed by atoms with van der Waals surface area (Å²) < 4.78 is 7.63. The van der Waals surface area contributed by atoms with Crippen molar-refractivity contribution in [1.29, 1.82) is 0 Å². The molecule has 1 heterocycles. The number of hydrogen-bond donors (Lipinski definition) is 0. The smallest absolute Gasteiger partial charge is 0.338 e. The van der Waals surface area contributed by atoms with Gasteiger partial charge < -0.3 is 4.74 Å². The average molecular weight is 415 g/mol. The predicted molar refractivity (Wildman–Crippen MR) is 105 cm³/mol. The second-order valence-electron chi connectivity index (χ2n) is 5.79. The van der Waals surface area contributed by atoms with E-state index in [1.807, 2.05) is 31.2 Å². The Morgan fingerprint density at radius 1 is 1.19 bits per heavy atom. The van der Waals surface area contributed by atoms with Gasteiger partial charge >= 0.3 is 5.97 Å². The summed E-state index contributed by atoms with van der Waals surface area (Å²) in [6, 6.07) is 12.7. The van der Waals surface area contributed by atoms with Crippen LogP contribution in [0.25, 0.3) is 10.9 Å². The summed E-state index contributed by atoms with van der Waals surface area (Å²) in [6.45, 7) is 4.51. The van der Waals surface area contributed by atoms with E-state index in [2.05, 4.69) is 20.9 Å². The molecule has 1 aromatic heterocycles. The number of fused-ring (bicyclic) bond motifs is 1. The highest BCUT2D eigenvalue weighted by Gasteiger charge is 2.16. The zero-order chi connectivity index (χ0) is 18.7. The quantitative estimate of drug-likeness (QED) is 0.593. The third kappa shape index (κ3) is 3.55. The molecular weight excluding hydrogens is 396 g/mol. The van der Waals surface area contributed by atoms with Gasteiger partial charge in [0.05, 0.1) is 23.1 Å². The molecule has 0 spiro atoms. The van der Waals surface area contributed by atoms with Crippen molar-refractivity contribution in [1.82, 2.24) is 9.55 Å². The highest BCUT2D eigenvalue weighted by molar-refractivity contribution is 9.10. The van der Waals surface area contributed by atoms with Crippen molar-refractivity contribution in [2.45, 2.75) is 26.8 Å². The Balaban J connectivity index is 2.11. The van der Waals surface area contributed by atoms with Crippen LogP contribution in [0, 0.1) is 0 Å². The van der Waals surface area contributed by atoms with Gasteiger partial charge in [0, 0.05) is 17.4 Å². The molecule has 0 saturated heterocycles. The van der Waals surface area contributed by atoms with Crippen LogP contribution in [0.5, 0.6) is 0 Å². The lowest BCUT2D eigenvalue weighted by molar-refractivity contribution is 0.0525. The van der Waals surface area contributed by atoms with Crippen LogP contribution in [0.2, 0.25) is 0 Å². The second kappa shape index (κ2) is 7.83. The fourth-order valence-electron chi connectivity index (χ4n) is 2.95. The molecule has 0 unspecified atom stereocenters. The van der Waals surface area contributed by atoms with E-state index in [4.69, 9.17) is 4.74 Å². The molecule has 5 nitrogen and oxygen atoms in total. The van der Waals surface area contributed by atoms with Crippen LogP contribution in [0.3, 0.4) is 0 Å². The normalized spacial score (nSPS) is 10.9. The second-order valence-corrected chi connectivity index (χ2v) is 6.71. The first-order chi connectivity index (χ1) is 12.5. The van der Waals surface area contributed by atoms with Crippen LogP contribution < -0.4 is 5.56 Å². The number of rotatable bonds is 5. The number of carbonyl (C=O) groups is 1. The van der Waals surface area contributed by atoms with Gasteiger partial charge in [-0.15, -0.1) is 0 Å². The third-order valence-corrected chi connectivity index (χ3v) is 4.67. The van der Waals surface area contributed by atoms with Gasteiger partial charge in [0.25, 0.3) is 5.56 Å². The van der Waals surface area contributed by atoms with Crippen molar-refractivity contribution in [3.63, 3.8) is 0 Å². The number of aromatic nitrogens is 2. The molecule has 0 aliphatic carbocycles. The number of halogens is 1. The van der Waals surface area contributed by atoms with E-state index in [1.54, 1.807) is 29.7 Å². The Morgan fingerprint density at radius 2 is 1.96 bits per heavy atom. The van der Waals surface area contributed by atoms with E-state index in [0.29, 0.717) is 41.9 Å². The van der Waals surface area contributed by atoms with E-state index in [9.17, 15) is 9.59 Å². The first kappa shape index (κ1) is 18.3. The van der Waals surface area contributed by atoms with Crippen molar-refractivity contribution in [3.05, 3.63) is 74.2 Å². The van der Waals surface area contributed by atoms with Gasteiger partial charge in [-0.25, -0.2) is 9.78 Å². The summed E-state index contributed by atoms with van der Waals surface area (Å²) in [5, 5.41) is 0.573. The standard InChI is InChI=1S/C20H19BrN2O3/c1-3-23-18(22-17-10-9-14(21)12-16(17)19(23)24)11-13-7-5-6-8-15(13)20(25)26-4-2/h5-10,12H,3-4,11H2,1-2H3. The Kier molecular flexibility index (Phi) is 5.52. The molecule has 134 valence electrons. The molecule has 0 atom stereocenters. The van der Waals surface area contributed by atoms with Gasteiger partial charge in [-0.3, -0.25) is 9.36 Å². The van der Waals surface area contributed by atoms with Gasteiger partial charge in [-0.2, -0.15) is 0 Å². The van der Waals surface area contributed by atoms with Crippen LogP contribution in [0.4, 0.5) is 0 Å². The molecule has 3 aromatic rings. The SMILES string of the molecule is CCOC(=O)c1ccccc1Cc1nc2ccc(Br)cc2c(=O)n1CC. The van der Waals surface area contributed by atoms with Crippen molar-refractivity contribution < 1.29 is 9.53 Å². The Labute approximate surface area is 159 Å². The molecule has 6 heteroatoms. The Hall–Kier alpha value is -2.47. The lowest BCUT2D eigenvalue weighted by atomic mass is 10.0. The van der Waals surface area contributed by atoms with E-state index >= 15 is 0 Å². The molecule has 0 radical (unpaired) electrons. The number of ether oxygens (including phenoxy) is 1. The van der Waals surface area contributed by atoms with Gasteiger partial charge in [0.2, 0.25) is 0 Å². The van der Waals surface area contributed by atoms with E-state index in [-0.39, 0.29) is 11.5 Å². The lowest BCUT2D eigenvalue weighted by Gasteiger charge is -2.14. The van der Waals surface area contributed by atoms with E-state index < -0.39 is 0 Å². The van der Waals surface area contributed by atoms with Gasteiger partial charge in [-0.1, -0.05) is 34.1 Å². The summed E-state index contributed by atoms with van der Waals surface area (Å²) >= 11 is 3.40. The fourth-order valence-corrected chi connectivity index (χ4v) is 3.31. The number of esters is 1. The molecular formula is C20H19BrN2O3. The van der Waals surface area contributed by atoms with Crippen LogP contribution in [-0.2, 0) is 17.7 Å². The van der Waals surface area contributed by atoms with E-state index in [0.717, 1.165) is 10.0 Å². The molecule has 2 aromatic carbocycles. The third-order valence-electron chi connectivity index (χ3n) is 4.17. The van der Waals surface area contributed by atoms with E-state index in [1.165, 1.54) is 0 Å². The largest absolute Gasteiger partial charge is 0.462 e. The topological polar surface area (TPSA) is 61.2 Å².